The first kappa shape index (κ1) is 17.5. The molecule has 2 N–H and O–H groups in total. The minimum absolute atomic E-state index is 0.0293. The van der Waals surface area contributed by atoms with Gasteiger partial charge in [0.1, 0.15) is 6.10 Å². The normalized spacial score (nSPS) is 29.7. The highest BCUT2D eigenvalue weighted by Crippen LogP contribution is 2.37. The lowest BCUT2D eigenvalue weighted by Crippen LogP contribution is -2.40. The number of amides is 2. The highest BCUT2D eigenvalue weighted by atomic mass is 16.5. The van der Waals surface area contributed by atoms with E-state index >= 15 is 0 Å². The van der Waals surface area contributed by atoms with E-state index < -0.39 is 0 Å². The van der Waals surface area contributed by atoms with E-state index in [0.29, 0.717) is 24.9 Å². The highest BCUT2D eigenvalue weighted by molar-refractivity contribution is 5.81. The number of benzene rings is 1. The molecule has 140 valence electrons. The van der Waals surface area contributed by atoms with Crippen LogP contribution >= 0.6 is 0 Å². The van der Waals surface area contributed by atoms with Gasteiger partial charge in [-0.05, 0) is 30.2 Å². The van der Waals surface area contributed by atoms with E-state index in [4.69, 9.17) is 10.5 Å². The van der Waals surface area contributed by atoms with Gasteiger partial charge in [-0.25, -0.2) is 0 Å². The van der Waals surface area contributed by atoms with Crippen molar-refractivity contribution in [2.45, 2.75) is 31.4 Å². The zero-order valence-electron chi connectivity index (χ0n) is 15.0. The van der Waals surface area contributed by atoms with Crippen LogP contribution in [0.15, 0.2) is 30.3 Å². The van der Waals surface area contributed by atoms with Crippen molar-refractivity contribution in [2.24, 2.45) is 17.6 Å². The van der Waals surface area contributed by atoms with Crippen molar-refractivity contribution < 1.29 is 14.3 Å². The number of carbonyl (C=O) groups is 2. The Kier molecular flexibility index (Phi) is 4.96. The Bertz CT molecular complexity index is 646. The first-order valence-electron chi connectivity index (χ1n) is 9.59. The molecule has 4 rings (SSSR count). The summed E-state index contributed by atoms with van der Waals surface area (Å²) < 4.78 is 5.56. The van der Waals surface area contributed by atoms with E-state index in [0.717, 1.165) is 44.6 Å². The average Bonchev–Trinajstić information content (AvgIpc) is 3.35. The van der Waals surface area contributed by atoms with Gasteiger partial charge in [0.2, 0.25) is 5.91 Å². The summed E-state index contributed by atoms with van der Waals surface area (Å²) in [5, 5.41) is 0. The van der Waals surface area contributed by atoms with Crippen LogP contribution in [-0.4, -0.2) is 60.5 Å². The molecule has 3 heterocycles. The number of hydrogen-bond donors (Lipinski definition) is 1. The van der Waals surface area contributed by atoms with Crippen molar-refractivity contribution in [3.05, 3.63) is 35.9 Å². The SMILES string of the molecule is NC(=O)C[C@@H](c1ccccc1)N1CC2CN(C(=O)C3CCCO3)CC2C1. The predicted octanol–water partition coefficient (Wildman–Crippen LogP) is 1.17. The third kappa shape index (κ3) is 3.48. The largest absolute Gasteiger partial charge is 0.370 e. The molecule has 0 bridgehead atoms. The topological polar surface area (TPSA) is 75.9 Å². The lowest BCUT2D eigenvalue weighted by molar-refractivity contribution is -0.140. The molecule has 4 atom stereocenters. The zero-order chi connectivity index (χ0) is 18.1. The molecular weight excluding hydrogens is 330 g/mol. The van der Waals surface area contributed by atoms with Crippen LogP contribution in [0.3, 0.4) is 0 Å². The number of hydrogen-bond acceptors (Lipinski definition) is 4. The first-order chi connectivity index (χ1) is 12.6. The Morgan fingerprint density at radius 1 is 1.12 bits per heavy atom. The molecule has 26 heavy (non-hydrogen) atoms. The summed E-state index contributed by atoms with van der Waals surface area (Å²) in [6, 6.07) is 10.1. The minimum atomic E-state index is -0.272. The fourth-order valence-corrected chi connectivity index (χ4v) is 4.76. The molecule has 3 fully saturated rings. The standard InChI is InChI=1S/C20H27N3O3/c21-19(24)9-17(14-5-2-1-3-6-14)22-10-15-12-23(13-16(15)11-22)20(25)18-7-4-8-26-18/h1-3,5-6,15-18H,4,7-13H2,(H2,21,24)/t15?,16?,17-,18?/m0/s1. The third-order valence-electron chi connectivity index (χ3n) is 6.05. The second kappa shape index (κ2) is 7.37. The summed E-state index contributed by atoms with van der Waals surface area (Å²) in [5.74, 6) is 0.838. The van der Waals surface area contributed by atoms with Crippen LogP contribution in [0.25, 0.3) is 0 Å². The fraction of sp³-hybridized carbons (Fsp3) is 0.600. The van der Waals surface area contributed by atoms with E-state index in [2.05, 4.69) is 17.0 Å². The summed E-state index contributed by atoms with van der Waals surface area (Å²) in [7, 11) is 0. The van der Waals surface area contributed by atoms with Gasteiger partial charge in [-0.15, -0.1) is 0 Å². The quantitative estimate of drug-likeness (QED) is 0.858. The molecule has 0 aromatic heterocycles. The van der Waals surface area contributed by atoms with Gasteiger partial charge in [0.05, 0.1) is 0 Å². The van der Waals surface area contributed by atoms with E-state index in [1.807, 2.05) is 23.1 Å². The van der Waals surface area contributed by atoms with Crippen LogP contribution in [0.2, 0.25) is 0 Å². The molecule has 0 radical (unpaired) electrons. The van der Waals surface area contributed by atoms with Gasteiger partial charge in [0.25, 0.3) is 5.91 Å². The molecule has 6 heteroatoms. The van der Waals surface area contributed by atoms with E-state index in [1.54, 1.807) is 0 Å². The lowest BCUT2D eigenvalue weighted by atomic mass is 10.0. The molecule has 6 nitrogen and oxygen atoms in total. The van der Waals surface area contributed by atoms with Crippen LogP contribution < -0.4 is 5.73 Å². The van der Waals surface area contributed by atoms with Gasteiger partial charge in [-0.2, -0.15) is 0 Å². The molecule has 0 aliphatic carbocycles. The average molecular weight is 357 g/mol. The Morgan fingerprint density at radius 3 is 2.38 bits per heavy atom. The first-order valence-corrected chi connectivity index (χ1v) is 9.59. The summed E-state index contributed by atoms with van der Waals surface area (Å²) in [4.78, 5) is 28.6. The van der Waals surface area contributed by atoms with E-state index in [-0.39, 0.29) is 24.0 Å². The number of rotatable bonds is 5. The second-order valence-corrected chi connectivity index (χ2v) is 7.82. The van der Waals surface area contributed by atoms with Gasteiger partial charge in [0, 0.05) is 45.2 Å². The van der Waals surface area contributed by atoms with Gasteiger partial charge >= 0.3 is 0 Å². The summed E-state index contributed by atoms with van der Waals surface area (Å²) in [5.41, 5.74) is 6.65. The smallest absolute Gasteiger partial charge is 0.251 e. The Labute approximate surface area is 154 Å². The minimum Gasteiger partial charge on any atom is -0.370 e. The molecule has 1 aromatic carbocycles. The number of primary amides is 1. The maximum absolute atomic E-state index is 12.6. The van der Waals surface area contributed by atoms with Gasteiger partial charge in [0.15, 0.2) is 0 Å². The van der Waals surface area contributed by atoms with E-state index in [9.17, 15) is 9.59 Å². The summed E-state index contributed by atoms with van der Waals surface area (Å²) in [6.07, 6.45) is 1.95. The molecule has 2 amide bonds. The van der Waals surface area contributed by atoms with Crippen molar-refractivity contribution in [1.82, 2.24) is 9.80 Å². The highest BCUT2D eigenvalue weighted by Gasteiger charge is 2.45. The molecular formula is C20H27N3O3. The molecule has 3 aliphatic rings. The number of nitrogens with two attached hydrogens (primary N) is 1. The maximum Gasteiger partial charge on any atom is 0.251 e. The van der Waals surface area contributed by atoms with Crippen LogP contribution in [0.5, 0.6) is 0 Å². The van der Waals surface area contributed by atoms with Crippen LogP contribution in [-0.2, 0) is 14.3 Å². The zero-order valence-corrected chi connectivity index (χ0v) is 15.0. The van der Waals surface area contributed by atoms with Crippen LogP contribution in [0.4, 0.5) is 0 Å². The van der Waals surface area contributed by atoms with Gasteiger partial charge < -0.3 is 15.4 Å². The van der Waals surface area contributed by atoms with Crippen molar-refractivity contribution in [3.63, 3.8) is 0 Å². The lowest BCUT2D eigenvalue weighted by Gasteiger charge is -2.29. The number of fused-ring (bicyclic) bond motifs is 1. The van der Waals surface area contributed by atoms with Gasteiger partial charge in [-0.1, -0.05) is 30.3 Å². The van der Waals surface area contributed by atoms with E-state index in [1.165, 1.54) is 0 Å². The molecule has 3 aliphatic heterocycles. The molecule has 1 aromatic rings. The maximum atomic E-state index is 12.6. The summed E-state index contributed by atoms with van der Waals surface area (Å²) >= 11 is 0. The van der Waals surface area contributed by atoms with Crippen molar-refractivity contribution in [3.8, 4) is 0 Å². The second-order valence-electron chi connectivity index (χ2n) is 7.82. The molecule has 0 saturated carbocycles. The van der Waals surface area contributed by atoms with Crippen LogP contribution in [0.1, 0.15) is 30.9 Å². The van der Waals surface area contributed by atoms with Crippen molar-refractivity contribution in [1.29, 1.82) is 0 Å². The fourth-order valence-electron chi connectivity index (χ4n) is 4.76. The van der Waals surface area contributed by atoms with Crippen LogP contribution in [0, 0.1) is 11.8 Å². The Balaban J connectivity index is 1.41. The summed E-state index contributed by atoms with van der Waals surface area (Å²) in [6.45, 7) is 4.13. The van der Waals surface area contributed by atoms with Crippen molar-refractivity contribution >= 4 is 11.8 Å². The molecule has 0 spiro atoms. The predicted molar refractivity (Wildman–Crippen MR) is 97.1 cm³/mol. The number of ether oxygens (including phenoxy) is 1. The third-order valence-corrected chi connectivity index (χ3v) is 6.05. The molecule has 3 saturated heterocycles. The van der Waals surface area contributed by atoms with Gasteiger partial charge in [-0.3, -0.25) is 14.5 Å². The Hall–Kier alpha value is -1.92. The number of carbonyl (C=O) groups excluding carboxylic acids is 2. The molecule has 3 unspecified atom stereocenters. The van der Waals surface area contributed by atoms with Crippen molar-refractivity contribution in [2.75, 3.05) is 32.8 Å². The monoisotopic (exact) mass is 357 g/mol. The number of nitrogens with zero attached hydrogens (tertiary/aromatic N) is 2. The Morgan fingerprint density at radius 2 is 1.81 bits per heavy atom. The number of likely N-dealkylation sites (tertiary alicyclic amines) is 2.